The van der Waals surface area contributed by atoms with E-state index in [1.54, 1.807) is 6.07 Å². The number of rotatable bonds is 1. The summed E-state index contributed by atoms with van der Waals surface area (Å²) in [6.07, 6.45) is 6.65. The first-order valence-electron chi connectivity index (χ1n) is 8.99. The Balaban J connectivity index is 1.67. The quantitative estimate of drug-likeness (QED) is 0.615. The number of Topliss-reactive ketones (excluding diaryl/α,β-unsaturated/α-hetero) is 1. The summed E-state index contributed by atoms with van der Waals surface area (Å²) in [6, 6.07) is 6.06. The number of hydrogen-bond acceptors (Lipinski definition) is 1. The Morgan fingerprint density at radius 3 is 2.38 bits per heavy atom. The van der Waals surface area contributed by atoms with Crippen molar-refractivity contribution in [2.75, 3.05) is 0 Å². The van der Waals surface area contributed by atoms with E-state index in [0.29, 0.717) is 16.7 Å². The van der Waals surface area contributed by atoms with Crippen LogP contribution in [0.4, 0.5) is 8.78 Å². The molecule has 0 bridgehead atoms. The number of carbonyl (C=O) groups excluding carboxylic acids is 1. The van der Waals surface area contributed by atoms with Gasteiger partial charge < -0.3 is 0 Å². The molecule has 1 fully saturated rings. The SMILES string of the molecule is CC1CCCC(C2Cc3cc4cc(F)c(F)cc4cc3C2=O)CC1. The number of benzene rings is 2. The minimum Gasteiger partial charge on any atom is -0.294 e. The molecular weight excluding hydrogens is 306 g/mol. The molecule has 3 unspecified atom stereocenters. The number of hydrogen-bond donors (Lipinski definition) is 0. The number of ketones is 1. The highest BCUT2D eigenvalue weighted by Gasteiger charge is 2.36. The Labute approximate surface area is 141 Å². The lowest BCUT2D eigenvalue weighted by Gasteiger charge is -2.20. The van der Waals surface area contributed by atoms with Gasteiger partial charge in [-0.25, -0.2) is 8.78 Å². The minimum atomic E-state index is -0.859. The van der Waals surface area contributed by atoms with Crippen LogP contribution in [0.5, 0.6) is 0 Å². The van der Waals surface area contributed by atoms with Crippen LogP contribution in [0.1, 0.15) is 54.9 Å². The van der Waals surface area contributed by atoms with Gasteiger partial charge in [0, 0.05) is 11.5 Å². The van der Waals surface area contributed by atoms with Gasteiger partial charge in [0.15, 0.2) is 17.4 Å². The summed E-state index contributed by atoms with van der Waals surface area (Å²) in [6.45, 7) is 2.30. The van der Waals surface area contributed by atoms with Crippen molar-refractivity contribution in [2.24, 2.45) is 17.8 Å². The fourth-order valence-electron chi connectivity index (χ4n) is 4.57. The third-order valence-electron chi connectivity index (χ3n) is 6.01. The van der Waals surface area contributed by atoms with Crippen LogP contribution in [-0.4, -0.2) is 5.78 Å². The molecule has 0 aliphatic heterocycles. The van der Waals surface area contributed by atoms with E-state index in [1.165, 1.54) is 31.4 Å². The Bertz CT molecular complexity index is 811. The fourth-order valence-corrected chi connectivity index (χ4v) is 4.57. The van der Waals surface area contributed by atoms with E-state index in [0.717, 1.165) is 36.3 Å². The van der Waals surface area contributed by atoms with Crippen LogP contribution in [0.15, 0.2) is 24.3 Å². The molecule has 1 nitrogen and oxygen atoms in total. The summed E-state index contributed by atoms with van der Waals surface area (Å²) in [5, 5.41) is 1.28. The van der Waals surface area contributed by atoms with Gasteiger partial charge in [0.1, 0.15) is 0 Å². The molecule has 0 heterocycles. The molecule has 2 aliphatic rings. The summed E-state index contributed by atoms with van der Waals surface area (Å²) in [5.74, 6) is -0.231. The van der Waals surface area contributed by atoms with Crippen LogP contribution in [0.25, 0.3) is 10.8 Å². The van der Waals surface area contributed by atoms with Crippen molar-refractivity contribution in [3.8, 4) is 0 Å². The van der Waals surface area contributed by atoms with Crippen LogP contribution in [-0.2, 0) is 6.42 Å². The third-order valence-corrected chi connectivity index (χ3v) is 6.01. The molecule has 0 aromatic heterocycles. The molecule has 1 saturated carbocycles. The lowest BCUT2D eigenvalue weighted by Crippen LogP contribution is -2.20. The highest BCUT2D eigenvalue weighted by atomic mass is 19.2. The normalized spacial score (nSPS) is 27.3. The monoisotopic (exact) mass is 328 g/mol. The average Bonchev–Trinajstić information content (AvgIpc) is 2.72. The maximum Gasteiger partial charge on any atom is 0.166 e. The average molecular weight is 328 g/mol. The van der Waals surface area contributed by atoms with Crippen LogP contribution < -0.4 is 0 Å². The van der Waals surface area contributed by atoms with E-state index in [-0.39, 0.29) is 11.7 Å². The number of fused-ring (bicyclic) bond motifs is 2. The molecule has 0 N–H and O–H groups in total. The summed E-state index contributed by atoms with van der Waals surface area (Å²) in [5.41, 5.74) is 1.72. The molecule has 3 heteroatoms. The van der Waals surface area contributed by atoms with Crippen LogP contribution in [0, 0.1) is 29.4 Å². The molecule has 4 rings (SSSR count). The summed E-state index contributed by atoms with van der Waals surface area (Å²) in [4.78, 5) is 12.9. The molecular formula is C21H22F2O. The topological polar surface area (TPSA) is 17.1 Å². The zero-order chi connectivity index (χ0) is 16.8. The smallest absolute Gasteiger partial charge is 0.166 e. The van der Waals surface area contributed by atoms with E-state index < -0.39 is 11.6 Å². The molecule has 2 aliphatic carbocycles. The van der Waals surface area contributed by atoms with Crippen molar-refractivity contribution >= 4 is 16.6 Å². The lowest BCUT2D eigenvalue weighted by atomic mass is 9.83. The van der Waals surface area contributed by atoms with Gasteiger partial charge in [0.25, 0.3) is 0 Å². The number of carbonyl (C=O) groups is 1. The van der Waals surface area contributed by atoms with E-state index in [4.69, 9.17) is 0 Å². The van der Waals surface area contributed by atoms with E-state index in [2.05, 4.69) is 6.92 Å². The van der Waals surface area contributed by atoms with Crippen molar-refractivity contribution in [2.45, 2.75) is 45.4 Å². The highest BCUT2D eigenvalue weighted by Crippen LogP contribution is 2.40. The molecule has 126 valence electrons. The summed E-state index contributed by atoms with van der Waals surface area (Å²) >= 11 is 0. The zero-order valence-electron chi connectivity index (χ0n) is 13.9. The Morgan fingerprint density at radius 1 is 0.917 bits per heavy atom. The minimum absolute atomic E-state index is 0.0526. The second-order valence-electron chi connectivity index (χ2n) is 7.67. The molecule has 0 amide bonds. The van der Waals surface area contributed by atoms with E-state index in [1.807, 2.05) is 6.07 Å². The maximum absolute atomic E-state index is 13.5. The van der Waals surface area contributed by atoms with Crippen molar-refractivity contribution in [1.82, 2.24) is 0 Å². The Morgan fingerprint density at radius 2 is 1.62 bits per heavy atom. The van der Waals surface area contributed by atoms with Gasteiger partial charge in [-0.1, -0.05) is 32.3 Å². The van der Waals surface area contributed by atoms with Gasteiger partial charge in [-0.15, -0.1) is 0 Å². The lowest BCUT2D eigenvalue weighted by molar-refractivity contribution is 0.0883. The zero-order valence-corrected chi connectivity index (χ0v) is 13.9. The van der Waals surface area contributed by atoms with Crippen LogP contribution in [0.3, 0.4) is 0 Å². The van der Waals surface area contributed by atoms with E-state index >= 15 is 0 Å². The highest BCUT2D eigenvalue weighted by molar-refractivity contribution is 6.05. The molecule has 2 aromatic rings. The molecule has 2 aromatic carbocycles. The fraction of sp³-hybridized carbons (Fsp3) is 0.476. The predicted octanol–water partition coefficient (Wildman–Crippen LogP) is 5.69. The van der Waals surface area contributed by atoms with E-state index in [9.17, 15) is 13.6 Å². The first-order valence-corrected chi connectivity index (χ1v) is 8.99. The Hall–Kier alpha value is -1.77. The van der Waals surface area contributed by atoms with Gasteiger partial charge in [-0.3, -0.25) is 4.79 Å². The van der Waals surface area contributed by atoms with Crippen molar-refractivity contribution in [1.29, 1.82) is 0 Å². The van der Waals surface area contributed by atoms with Gasteiger partial charge >= 0.3 is 0 Å². The number of halogens is 2. The second kappa shape index (κ2) is 5.94. The first-order chi connectivity index (χ1) is 11.5. The Kier molecular flexibility index (Phi) is 3.90. The van der Waals surface area contributed by atoms with Crippen molar-refractivity contribution < 1.29 is 13.6 Å². The predicted molar refractivity (Wildman–Crippen MR) is 91.1 cm³/mol. The van der Waals surface area contributed by atoms with Crippen molar-refractivity contribution in [3.05, 3.63) is 47.0 Å². The summed E-state index contributed by atoms with van der Waals surface area (Å²) in [7, 11) is 0. The molecule has 3 atom stereocenters. The molecule has 0 saturated heterocycles. The second-order valence-corrected chi connectivity index (χ2v) is 7.67. The van der Waals surface area contributed by atoms with Gasteiger partial charge in [-0.2, -0.15) is 0 Å². The largest absolute Gasteiger partial charge is 0.294 e. The maximum atomic E-state index is 13.5. The molecule has 0 spiro atoms. The van der Waals surface area contributed by atoms with Gasteiger partial charge in [-0.05, 0) is 65.6 Å². The van der Waals surface area contributed by atoms with Crippen molar-refractivity contribution in [3.63, 3.8) is 0 Å². The molecule has 0 radical (unpaired) electrons. The van der Waals surface area contributed by atoms with Gasteiger partial charge in [0.05, 0.1) is 0 Å². The third kappa shape index (κ3) is 2.64. The standard InChI is InChI=1S/C21H22F2O/c1-12-3-2-4-13(6-5-12)17-9-16-7-14-10-19(22)20(23)11-15(14)8-18(16)21(17)24/h7-8,10-13,17H,2-6,9H2,1H3. The summed E-state index contributed by atoms with van der Waals surface area (Å²) < 4.78 is 27.0. The van der Waals surface area contributed by atoms with Gasteiger partial charge in [0.2, 0.25) is 0 Å². The van der Waals surface area contributed by atoms with Crippen LogP contribution >= 0.6 is 0 Å². The van der Waals surface area contributed by atoms with Crippen LogP contribution in [0.2, 0.25) is 0 Å². The first kappa shape index (κ1) is 15.7. The molecule has 24 heavy (non-hydrogen) atoms.